The molecule has 1 aromatic heterocycles. The van der Waals surface area contributed by atoms with Gasteiger partial charge in [-0.1, -0.05) is 0 Å². The number of alkyl halides is 3. The lowest BCUT2D eigenvalue weighted by atomic mass is 10.2. The van der Waals surface area contributed by atoms with E-state index in [4.69, 9.17) is 0 Å². The molecule has 1 aromatic rings. The molecule has 1 fully saturated rings. The van der Waals surface area contributed by atoms with Crippen molar-refractivity contribution in [2.45, 2.75) is 51.9 Å². The molecular formula is C15H21F3N2O2. The summed E-state index contributed by atoms with van der Waals surface area (Å²) in [6.45, 7) is 3.99. The molecule has 1 amide bonds. The molecule has 1 aliphatic carbocycles. The van der Waals surface area contributed by atoms with Gasteiger partial charge in [0.05, 0.1) is 12.2 Å². The van der Waals surface area contributed by atoms with Crippen molar-refractivity contribution in [2.75, 3.05) is 13.2 Å². The van der Waals surface area contributed by atoms with Crippen molar-refractivity contribution < 1.29 is 22.7 Å². The Morgan fingerprint density at radius 2 is 2.09 bits per heavy atom. The van der Waals surface area contributed by atoms with Crippen LogP contribution in [0.25, 0.3) is 0 Å². The smallest absolute Gasteiger partial charge is 0.370 e. The van der Waals surface area contributed by atoms with Gasteiger partial charge < -0.3 is 14.6 Å². The van der Waals surface area contributed by atoms with E-state index in [1.165, 1.54) is 0 Å². The van der Waals surface area contributed by atoms with Crippen molar-refractivity contribution in [3.8, 4) is 0 Å². The fourth-order valence-corrected chi connectivity index (χ4v) is 2.60. The number of halogens is 3. The molecule has 1 N–H and O–H groups in total. The van der Waals surface area contributed by atoms with Gasteiger partial charge in [-0.2, -0.15) is 13.2 Å². The molecule has 1 atom stereocenters. The van der Waals surface area contributed by atoms with Gasteiger partial charge in [0.15, 0.2) is 0 Å². The van der Waals surface area contributed by atoms with E-state index in [0.29, 0.717) is 11.6 Å². The van der Waals surface area contributed by atoms with Gasteiger partial charge in [0.1, 0.15) is 6.61 Å². The van der Waals surface area contributed by atoms with Crippen LogP contribution in [0.5, 0.6) is 0 Å². The number of carbonyl (C=O) groups is 1. The summed E-state index contributed by atoms with van der Waals surface area (Å²) in [5, 5.41) is 2.68. The number of ether oxygens (including phenoxy) is 1. The first-order valence-electron chi connectivity index (χ1n) is 7.33. The minimum atomic E-state index is -4.35. The first-order valence-corrected chi connectivity index (χ1v) is 7.33. The lowest BCUT2D eigenvalue weighted by Gasteiger charge is -2.15. The molecule has 22 heavy (non-hydrogen) atoms. The van der Waals surface area contributed by atoms with E-state index in [1.807, 2.05) is 19.9 Å². The van der Waals surface area contributed by atoms with Crippen LogP contribution in [-0.2, 0) is 4.74 Å². The van der Waals surface area contributed by atoms with Gasteiger partial charge in [0.2, 0.25) is 0 Å². The molecule has 0 spiro atoms. The van der Waals surface area contributed by atoms with E-state index in [2.05, 4.69) is 14.6 Å². The molecule has 0 bridgehead atoms. The molecule has 0 aliphatic heterocycles. The number of rotatable bonds is 6. The maximum Gasteiger partial charge on any atom is 0.411 e. The number of aromatic nitrogens is 1. The van der Waals surface area contributed by atoms with Crippen molar-refractivity contribution in [1.82, 2.24) is 9.88 Å². The van der Waals surface area contributed by atoms with Crippen molar-refractivity contribution >= 4 is 5.91 Å². The molecule has 0 radical (unpaired) electrons. The quantitative estimate of drug-likeness (QED) is 0.876. The fourth-order valence-electron chi connectivity index (χ4n) is 2.60. The van der Waals surface area contributed by atoms with Gasteiger partial charge >= 0.3 is 6.18 Å². The van der Waals surface area contributed by atoms with E-state index < -0.39 is 18.8 Å². The summed E-state index contributed by atoms with van der Waals surface area (Å²) in [6, 6.07) is 1.82. The lowest BCUT2D eigenvalue weighted by molar-refractivity contribution is -0.174. The number of aryl methyl sites for hydroxylation is 1. The van der Waals surface area contributed by atoms with Gasteiger partial charge in [0, 0.05) is 23.5 Å². The molecule has 1 saturated carbocycles. The van der Waals surface area contributed by atoms with E-state index in [0.717, 1.165) is 24.2 Å². The highest BCUT2D eigenvalue weighted by Gasteiger charge is 2.29. The third-order valence-corrected chi connectivity index (χ3v) is 3.65. The Balaban J connectivity index is 1.90. The second-order valence-corrected chi connectivity index (χ2v) is 5.89. The molecule has 2 rings (SSSR count). The maximum atomic E-state index is 12.2. The van der Waals surface area contributed by atoms with Crippen LogP contribution in [0.4, 0.5) is 13.2 Å². The van der Waals surface area contributed by atoms with E-state index in [9.17, 15) is 18.0 Å². The molecule has 7 heteroatoms. The van der Waals surface area contributed by atoms with Crippen LogP contribution in [0.15, 0.2) is 6.07 Å². The van der Waals surface area contributed by atoms with Crippen molar-refractivity contribution in [3.05, 3.63) is 23.0 Å². The van der Waals surface area contributed by atoms with E-state index >= 15 is 0 Å². The molecule has 1 aliphatic rings. The number of amides is 1. The van der Waals surface area contributed by atoms with E-state index in [1.54, 1.807) is 6.92 Å². The molecule has 0 saturated heterocycles. The number of carbonyl (C=O) groups excluding carboxylic acids is 1. The predicted molar refractivity (Wildman–Crippen MR) is 76.0 cm³/mol. The fraction of sp³-hybridized carbons (Fsp3) is 0.667. The maximum absolute atomic E-state index is 12.2. The van der Waals surface area contributed by atoms with Gasteiger partial charge in [-0.3, -0.25) is 4.79 Å². The van der Waals surface area contributed by atoms with Crippen molar-refractivity contribution in [1.29, 1.82) is 0 Å². The van der Waals surface area contributed by atoms with Crippen LogP contribution >= 0.6 is 0 Å². The average molecular weight is 318 g/mol. The molecule has 0 aromatic carbocycles. The monoisotopic (exact) mass is 318 g/mol. The third-order valence-electron chi connectivity index (χ3n) is 3.65. The van der Waals surface area contributed by atoms with Gasteiger partial charge in [-0.15, -0.1) is 0 Å². The topological polar surface area (TPSA) is 43.3 Å². The summed E-state index contributed by atoms with van der Waals surface area (Å²) in [6.07, 6.45) is -2.10. The molecule has 124 valence electrons. The van der Waals surface area contributed by atoms with Gasteiger partial charge in [-0.05, 0) is 39.7 Å². The lowest BCUT2D eigenvalue weighted by Crippen LogP contribution is -2.37. The minimum Gasteiger partial charge on any atom is -0.370 e. The summed E-state index contributed by atoms with van der Waals surface area (Å²) in [4.78, 5) is 12.2. The second-order valence-electron chi connectivity index (χ2n) is 5.89. The van der Waals surface area contributed by atoms with Crippen LogP contribution in [0.3, 0.4) is 0 Å². The highest BCUT2D eigenvalue weighted by atomic mass is 19.4. The Bertz CT molecular complexity index is 548. The Morgan fingerprint density at radius 1 is 1.45 bits per heavy atom. The molecule has 1 heterocycles. The van der Waals surface area contributed by atoms with Crippen LogP contribution < -0.4 is 5.32 Å². The van der Waals surface area contributed by atoms with Crippen LogP contribution in [0, 0.1) is 13.8 Å². The van der Waals surface area contributed by atoms with Crippen LogP contribution in [-0.4, -0.2) is 35.9 Å². The normalized spacial score (nSPS) is 16.6. The Labute approximate surface area is 127 Å². The largest absolute Gasteiger partial charge is 0.411 e. The Morgan fingerprint density at radius 3 is 2.64 bits per heavy atom. The summed E-state index contributed by atoms with van der Waals surface area (Å²) >= 11 is 0. The van der Waals surface area contributed by atoms with E-state index in [-0.39, 0.29) is 12.5 Å². The number of nitrogens with one attached hydrogen (secondary N) is 1. The highest BCUT2D eigenvalue weighted by molar-refractivity contribution is 5.95. The average Bonchev–Trinajstić information content (AvgIpc) is 3.14. The van der Waals surface area contributed by atoms with Gasteiger partial charge in [0.25, 0.3) is 5.91 Å². The summed E-state index contributed by atoms with van der Waals surface area (Å²) in [7, 11) is 0. The summed E-state index contributed by atoms with van der Waals surface area (Å²) in [5.41, 5.74) is 2.51. The first kappa shape index (κ1) is 16.9. The Hall–Kier alpha value is -1.50. The highest BCUT2D eigenvalue weighted by Crippen LogP contribution is 2.38. The Kier molecular flexibility index (Phi) is 4.84. The second kappa shape index (κ2) is 6.32. The predicted octanol–water partition coefficient (Wildman–Crippen LogP) is 3.14. The molecule has 1 unspecified atom stereocenters. The minimum absolute atomic E-state index is 0.174. The van der Waals surface area contributed by atoms with Crippen LogP contribution in [0.1, 0.15) is 47.6 Å². The number of hydrogen-bond donors (Lipinski definition) is 1. The summed E-state index contributed by atoms with van der Waals surface area (Å²) in [5.74, 6) is -0.275. The zero-order valence-electron chi connectivity index (χ0n) is 13.0. The summed E-state index contributed by atoms with van der Waals surface area (Å²) < 4.78 is 42.7. The van der Waals surface area contributed by atoms with Crippen molar-refractivity contribution in [2.24, 2.45) is 0 Å². The molecular weight excluding hydrogens is 297 g/mol. The van der Waals surface area contributed by atoms with Gasteiger partial charge in [-0.25, -0.2) is 0 Å². The SMILES string of the molecule is Cc1cc(C(=O)NC(C)COCC(F)(F)F)c(C)n1C1CC1. The molecule has 4 nitrogen and oxygen atoms in total. The zero-order chi connectivity index (χ0) is 16.5. The van der Waals surface area contributed by atoms with Crippen LogP contribution in [0.2, 0.25) is 0 Å². The number of hydrogen-bond acceptors (Lipinski definition) is 2. The zero-order valence-corrected chi connectivity index (χ0v) is 13.0. The third kappa shape index (κ3) is 4.25. The van der Waals surface area contributed by atoms with Crippen molar-refractivity contribution in [3.63, 3.8) is 0 Å². The standard InChI is InChI=1S/C15H21F3N2O2/c1-9(7-22-8-15(16,17)18)19-14(21)13-6-10(2)20(11(13)3)12-4-5-12/h6,9,12H,4-5,7-8H2,1-3H3,(H,19,21). The number of nitrogens with zero attached hydrogens (tertiary/aromatic N) is 1. The first-order chi connectivity index (χ1) is 10.2.